The van der Waals surface area contributed by atoms with Gasteiger partial charge in [-0.1, -0.05) is 41.0 Å². The van der Waals surface area contributed by atoms with Crippen LogP contribution in [0.25, 0.3) is 0 Å². The van der Waals surface area contributed by atoms with Crippen molar-refractivity contribution in [3.8, 4) is 0 Å². The van der Waals surface area contributed by atoms with Crippen molar-refractivity contribution in [3.63, 3.8) is 0 Å². The quantitative estimate of drug-likeness (QED) is 0.181. The predicted molar refractivity (Wildman–Crippen MR) is 146 cm³/mol. The van der Waals surface area contributed by atoms with Crippen LogP contribution in [-0.2, 0) is 17.9 Å². The lowest BCUT2D eigenvalue weighted by atomic mass is 10.1. The van der Waals surface area contributed by atoms with Crippen LogP contribution in [0.5, 0.6) is 0 Å². The molecular formula is C23H22Cl2IN5O2S. The molecule has 0 aliphatic rings. The van der Waals surface area contributed by atoms with Gasteiger partial charge in [-0.15, -0.1) is 16.8 Å². The molecule has 0 saturated carbocycles. The number of hydrogen-bond donors (Lipinski definition) is 2. The number of aryl methyl sites for hydroxylation is 2. The van der Waals surface area contributed by atoms with Gasteiger partial charge >= 0.3 is 0 Å². The van der Waals surface area contributed by atoms with Gasteiger partial charge in [0.2, 0.25) is 5.91 Å². The molecule has 0 bridgehead atoms. The molecule has 0 aliphatic carbocycles. The van der Waals surface area contributed by atoms with E-state index in [2.05, 4.69) is 50.0 Å². The first-order chi connectivity index (χ1) is 16.2. The fourth-order valence-electron chi connectivity index (χ4n) is 3.18. The largest absolute Gasteiger partial charge is 0.345 e. The van der Waals surface area contributed by atoms with Crippen molar-refractivity contribution < 1.29 is 9.59 Å². The minimum Gasteiger partial charge on any atom is -0.345 e. The third kappa shape index (κ3) is 6.74. The van der Waals surface area contributed by atoms with Crippen LogP contribution in [0.2, 0.25) is 10.0 Å². The number of halogens is 3. The summed E-state index contributed by atoms with van der Waals surface area (Å²) in [5.74, 6) is 0.250. The molecule has 3 rings (SSSR count). The fourth-order valence-corrected chi connectivity index (χ4v) is 5.18. The molecule has 1 heterocycles. The molecule has 0 unspecified atom stereocenters. The normalized spacial score (nSPS) is 10.7. The van der Waals surface area contributed by atoms with Crippen LogP contribution in [0.1, 0.15) is 27.3 Å². The number of carbonyl (C=O) groups is 2. The summed E-state index contributed by atoms with van der Waals surface area (Å²) < 4.78 is 2.93. The highest BCUT2D eigenvalue weighted by Crippen LogP contribution is 2.25. The molecule has 7 nitrogen and oxygen atoms in total. The van der Waals surface area contributed by atoms with Crippen molar-refractivity contribution in [2.75, 3.05) is 11.1 Å². The number of anilines is 1. The Balaban J connectivity index is 1.64. The molecule has 0 aliphatic heterocycles. The molecule has 2 N–H and O–H groups in total. The predicted octanol–water partition coefficient (Wildman–Crippen LogP) is 5.65. The Morgan fingerprint density at radius 1 is 1.15 bits per heavy atom. The summed E-state index contributed by atoms with van der Waals surface area (Å²) in [5, 5.41) is 15.4. The maximum atomic E-state index is 12.6. The van der Waals surface area contributed by atoms with Crippen molar-refractivity contribution in [2.45, 2.75) is 32.1 Å². The molecule has 1 aromatic heterocycles. The Morgan fingerprint density at radius 2 is 1.85 bits per heavy atom. The Hall–Kier alpha value is -2.08. The zero-order valence-electron chi connectivity index (χ0n) is 18.5. The average Bonchev–Trinajstić information content (AvgIpc) is 3.16. The number of aromatic nitrogens is 3. The second-order valence-corrected chi connectivity index (χ2v) is 10.4. The third-order valence-corrected chi connectivity index (χ3v) is 7.12. The fraction of sp³-hybridized carbons (Fsp3) is 0.217. The molecule has 0 radical (unpaired) electrons. The molecule has 178 valence electrons. The van der Waals surface area contributed by atoms with Crippen LogP contribution in [-0.4, -0.2) is 32.3 Å². The number of hydrogen-bond acceptors (Lipinski definition) is 5. The molecule has 34 heavy (non-hydrogen) atoms. The van der Waals surface area contributed by atoms with E-state index in [-0.39, 0.29) is 24.1 Å². The SMILES string of the molecule is C=CCn1c(CNC(=O)c2ccc(Cl)c(Cl)c2)nnc1SCC(=O)Nc1c(C)cc(I)cc1C. The van der Waals surface area contributed by atoms with E-state index in [1.54, 1.807) is 22.8 Å². The summed E-state index contributed by atoms with van der Waals surface area (Å²) in [5.41, 5.74) is 3.23. The standard InChI is InChI=1S/C23H22Cl2IN5O2S/c1-4-7-31-19(11-27-22(33)15-5-6-17(24)18(25)10-15)29-30-23(31)34-12-20(32)28-21-13(2)8-16(26)9-14(21)3/h4-6,8-10H,1,7,11-12H2,2-3H3,(H,27,33)(H,28,32). The highest BCUT2D eigenvalue weighted by atomic mass is 127. The van der Waals surface area contributed by atoms with Crippen LogP contribution < -0.4 is 10.6 Å². The first kappa shape index (κ1) is 26.5. The van der Waals surface area contributed by atoms with Crippen molar-refractivity contribution in [1.29, 1.82) is 0 Å². The minimum atomic E-state index is -0.316. The van der Waals surface area contributed by atoms with Gasteiger partial charge in [-0.2, -0.15) is 0 Å². The van der Waals surface area contributed by atoms with Crippen LogP contribution in [0.15, 0.2) is 48.1 Å². The summed E-state index contributed by atoms with van der Waals surface area (Å²) >= 11 is 15.4. The van der Waals surface area contributed by atoms with Crippen LogP contribution in [0.4, 0.5) is 5.69 Å². The van der Waals surface area contributed by atoms with Gasteiger partial charge in [-0.05, 0) is 77.9 Å². The van der Waals surface area contributed by atoms with Crippen molar-refractivity contribution in [2.24, 2.45) is 0 Å². The Morgan fingerprint density at radius 3 is 2.50 bits per heavy atom. The highest BCUT2D eigenvalue weighted by Gasteiger charge is 2.16. The van der Waals surface area contributed by atoms with E-state index in [1.165, 1.54) is 17.8 Å². The van der Waals surface area contributed by atoms with E-state index in [4.69, 9.17) is 23.2 Å². The maximum Gasteiger partial charge on any atom is 0.251 e. The third-order valence-electron chi connectivity index (χ3n) is 4.79. The molecule has 0 spiro atoms. The lowest BCUT2D eigenvalue weighted by molar-refractivity contribution is -0.113. The number of amides is 2. The smallest absolute Gasteiger partial charge is 0.251 e. The number of rotatable bonds is 9. The van der Waals surface area contributed by atoms with Gasteiger partial charge in [0.1, 0.15) is 0 Å². The number of benzene rings is 2. The van der Waals surface area contributed by atoms with E-state index in [1.807, 2.05) is 26.0 Å². The Bertz CT molecular complexity index is 1230. The average molecular weight is 630 g/mol. The second-order valence-electron chi connectivity index (χ2n) is 7.36. The molecular weight excluding hydrogens is 608 g/mol. The molecule has 2 amide bonds. The van der Waals surface area contributed by atoms with Gasteiger partial charge < -0.3 is 15.2 Å². The highest BCUT2D eigenvalue weighted by molar-refractivity contribution is 14.1. The topological polar surface area (TPSA) is 88.9 Å². The number of nitrogens with one attached hydrogen (secondary N) is 2. The maximum absolute atomic E-state index is 12.6. The zero-order chi connectivity index (χ0) is 24.8. The molecule has 2 aromatic carbocycles. The lowest BCUT2D eigenvalue weighted by Crippen LogP contribution is -2.25. The van der Waals surface area contributed by atoms with Crippen LogP contribution in [0.3, 0.4) is 0 Å². The van der Waals surface area contributed by atoms with Gasteiger partial charge in [-0.25, -0.2) is 0 Å². The first-order valence-corrected chi connectivity index (χ1v) is 13.0. The molecule has 3 aromatic rings. The van der Waals surface area contributed by atoms with E-state index in [0.717, 1.165) is 20.4 Å². The molecule has 0 saturated heterocycles. The Kier molecular flexibility index (Phi) is 9.40. The monoisotopic (exact) mass is 629 g/mol. The number of allylic oxidation sites excluding steroid dienone is 1. The van der Waals surface area contributed by atoms with Gasteiger partial charge in [-0.3, -0.25) is 9.59 Å². The van der Waals surface area contributed by atoms with Crippen LogP contribution in [0, 0.1) is 17.4 Å². The summed E-state index contributed by atoms with van der Waals surface area (Å²) in [6.45, 7) is 8.30. The van der Waals surface area contributed by atoms with Crippen molar-refractivity contribution >= 4 is 75.1 Å². The second kappa shape index (κ2) is 12.1. The van der Waals surface area contributed by atoms with Crippen LogP contribution >= 0.6 is 57.6 Å². The minimum absolute atomic E-state index is 0.139. The summed E-state index contributed by atoms with van der Waals surface area (Å²) in [7, 11) is 0. The van der Waals surface area contributed by atoms with Gasteiger partial charge in [0.25, 0.3) is 5.91 Å². The zero-order valence-corrected chi connectivity index (χ0v) is 23.0. The van der Waals surface area contributed by atoms with Gasteiger partial charge in [0.15, 0.2) is 11.0 Å². The molecule has 0 atom stereocenters. The van der Waals surface area contributed by atoms with Crippen molar-refractivity contribution in [3.05, 3.63) is 79.1 Å². The van der Waals surface area contributed by atoms with Gasteiger partial charge in [0.05, 0.1) is 22.3 Å². The first-order valence-electron chi connectivity index (χ1n) is 10.1. The van der Waals surface area contributed by atoms with E-state index in [9.17, 15) is 9.59 Å². The van der Waals surface area contributed by atoms with E-state index < -0.39 is 0 Å². The lowest BCUT2D eigenvalue weighted by Gasteiger charge is -2.12. The van der Waals surface area contributed by atoms with E-state index in [0.29, 0.717) is 33.1 Å². The summed E-state index contributed by atoms with van der Waals surface area (Å²) in [6, 6.07) is 8.71. The number of thioether (sulfide) groups is 1. The van der Waals surface area contributed by atoms with E-state index >= 15 is 0 Å². The Labute approximate surface area is 225 Å². The summed E-state index contributed by atoms with van der Waals surface area (Å²) in [6.07, 6.45) is 1.70. The number of nitrogens with zero attached hydrogens (tertiary/aromatic N) is 3. The number of carbonyl (C=O) groups excluding carboxylic acids is 2. The molecule has 0 fully saturated rings. The molecule has 11 heteroatoms. The van der Waals surface area contributed by atoms with Crippen molar-refractivity contribution in [1.82, 2.24) is 20.1 Å². The summed E-state index contributed by atoms with van der Waals surface area (Å²) in [4.78, 5) is 25.1. The van der Waals surface area contributed by atoms with Gasteiger partial charge in [0, 0.05) is 21.4 Å².